The molecule has 132 valence electrons. The van der Waals surface area contributed by atoms with E-state index in [0.29, 0.717) is 17.5 Å². The Balaban J connectivity index is 2.06. The van der Waals surface area contributed by atoms with Crippen LogP contribution in [0.1, 0.15) is 44.6 Å². The molecule has 0 aliphatic carbocycles. The van der Waals surface area contributed by atoms with Gasteiger partial charge in [-0.05, 0) is 36.9 Å². The van der Waals surface area contributed by atoms with Crippen LogP contribution in [0.2, 0.25) is 0 Å². The fourth-order valence-electron chi connectivity index (χ4n) is 2.47. The summed E-state index contributed by atoms with van der Waals surface area (Å²) in [5.74, 6) is 0.785. The average Bonchev–Trinajstić information content (AvgIpc) is 2.64. The van der Waals surface area contributed by atoms with Crippen LogP contribution in [0.15, 0.2) is 34.2 Å². The molecular formula is C19H23N3O2S. The maximum atomic E-state index is 12.0. The smallest absolute Gasteiger partial charge is 0.270 e. The summed E-state index contributed by atoms with van der Waals surface area (Å²) < 4.78 is 5.74. The SMILES string of the molecule is CCCCCCCOc1ccc(-c2nc(SC)[nH]c(=O)c2C#N)cc1. The molecule has 0 bridgehead atoms. The van der Waals surface area contributed by atoms with E-state index in [2.05, 4.69) is 16.9 Å². The summed E-state index contributed by atoms with van der Waals surface area (Å²) in [6.07, 6.45) is 7.82. The zero-order valence-electron chi connectivity index (χ0n) is 14.7. The summed E-state index contributed by atoms with van der Waals surface area (Å²) in [6.45, 7) is 2.90. The minimum Gasteiger partial charge on any atom is -0.494 e. The molecule has 5 nitrogen and oxygen atoms in total. The van der Waals surface area contributed by atoms with Crippen LogP contribution in [0.3, 0.4) is 0 Å². The molecule has 1 aromatic carbocycles. The van der Waals surface area contributed by atoms with Gasteiger partial charge in [-0.1, -0.05) is 44.4 Å². The number of H-pyrrole nitrogens is 1. The number of nitrogens with one attached hydrogen (secondary N) is 1. The summed E-state index contributed by atoms with van der Waals surface area (Å²) in [7, 11) is 0. The number of thioether (sulfide) groups is 1. The molecule has 0 spiro atoms. The number of aromatic amines is 1. The van der Waals surface area contributed by atoms with E-state index < -0.39 is 5.56 Å². The van der Waals surface area contributed by atoms with E-state index in [1.54, 1.807) is 0 Å². The minimum absolute atomic E-state index is 0.0300. The Morgan fingerprint density at radius 1 is 1.20 bits per heavy atom. The predicted molar refractivity (Wildman–Crippen MR) is 101 cm³/mol. The first-order valence-corrected chi connectivity index (χ1v) is 9.73. The third-order valence-electron chi connectivity index (χ3n) is 3.85. The lowest BCUT2D eigenvalue weighted by atomic mass is 10.1. The van der Waals surface area contributed by atoms with Gasteiger partial charge in [-0.3, -0.25) is 4.79 Å². The zero-order chi connectivity index (χ0) is 18.1. The number of rotatable bonds is 9. The van der Waals surface area contributed by atoms with Crippen LogP contribution in [-0.2, 0) is 0 Å². The van der Waals surface area contributed by atoms with E-state index in [9.17, 15) is 10.1 Å². The Kier molecular flexibility index (Phi) is 7.55. The number of hydrogen-bond acceptors (Lipinski definition) is 5. The van der Waals surface area contributed by atoms with Gasteiger partial charge < -0.3 is 9.72 Å². The number of benzene rings is 1. The van der Waals surface area contributed by atoms with Gasteiger partial charge >= 0.3 is 0 Å². The summed E-state index contributed by atoms with van der Waals surface area (Å²) in [5, 5.41) is 9.73. The van der Waals surface area contributed by atoms with Gasteiger partial charge in [0.2, 0.25) is 0 Å². The molecule has 0 amide bonds. The molecule has 0 unspecified atom stereocenters. The first-order chi connectivity index (χ1) is 12.2. The van der Waals surface area contributed by atoms with Crippen molar-refractivity contribution >= 4 is 11.8 Å². The van der Waals surface area contributed by atoms with Gasteiger partial charge in [-0.15, -0.1) is 0 Å². The van der Waals surface area contributed by atoms with Gasteiger partial charge in [0.15, 0.2) is 5.16 Å². The molecule has 0 atom stereocenters. The summed E-state index contributed by atoms with van der Waals surface area (Å²) in [5.41, 5.74) is 0.751. The Labute approximate surface area is 152 Å². The summed E-state index contributed by atoms with van der Waals surface area (Å²) in [4.78, 5) is 19.0. The van der Waals surface area contributed by atoms with Crippen molar-refractivity contribution in [1.29, 1.82) is 5.26 Å². The Morgan fingerprint density at radius 3 is 2.56 bits per heavy atom. The molecule has 1 N–H and O–H groups in total. The van der Waals surface area contributed by atoms with E-state index in [1.165, 1.54) is 37.4 Å². The van der Waals surface area contributed by atoms with Crippen molar-refractivity contribution < 1.29 is 4.74 Å². The maximum Gasteiger partial charge on any atom is 0.270 e. The van der Waals surface area contributed by atoms with E-state index in [1.807, 2.05) is 36.6 Å². The predicted octanol–water partition coefficient (Wildman–Crippen LogP) is 4.38. The van der Waals surface area contributed by atoms with E-state index in [-0.39, 0.29) is 5.56 Å². The lowest BCUT2D eigenvalue weighted by Crippen LogP contribution is -2.14. The van der Waals surface area contributed by atoms with Crippen LogP contribution in [0, 0.1) is 11.3 Å². The Bertz CT molecular complexity index is 779. The second-order valence-electron chi connectivity index (χ2n) is 5.70. The number of ether oxygens (including phenoxy) is 1. The minimum atomic E-state index is -0.413. The van der Waals surface area contributed by atoms with Crippen molar-refractivity contribution in [2.75, 3.05) is 12.9 Å². The van der Waals surface area contributed by atoms with Gasteiger partial charge in [-0.2, -0.15) is 5.26 Å². The number of unbranched alkanes of at least 4 members (excludes halogenated alkanes) is 4. The number of aromatic nitrogens is 2. The summed E-state index contributed by atoms with van der Waals surface area (Å²) >= 11 is 1.33. The molecule has 2 rings (SSSR count). The number of nitrogens with zero attached hydrogens (tertiary/aromatic N) is 2. The highest BCUT2D eigenvalue weighted by molar-refractivity contribution is 7.98. The topological polar surface area (TPSA) is 78.8 Å². The first-order valence-electron chi connectivity index (χ1n) is 8.51. The molecule has 1 aromatic heterocycles. The van der Waals surface area contributed by atoms with Crippen LogP contribution >= 0.6 is 11.8 Å². The van der Waals surface area contributed by atoms with E-state index >= 15 is 0 Å². The number of hydrogen-bond donors (Lipinski definition) is 1. The Morgan fingerprint density at radius 2 is 1.92 bits per heavy atom. The highest BCUT2D eigenvalue weighted by atomic mass is 32.2. The van der Waals surface area contributed by atoms with E-state index in [4.69, 9.17) is 4.74 Å². The van der Waals surface area contributed by atoms with Crippen LogP contribution in [0.5, 0.6) is 5.75 Å². The van der Waals surface area contributed by atoms with Gasteiger partial charge in [0.1, 0.15) is 17.4 Å². The van der Waals surface area contributed by atoms with Crippen molar-refractivity contribution in [2.24, 2.45) is 0 Å². The summed E-state index contributed by atoms with van der Waals surface area (Å²) in [6, 6.07) is 9.31. The maximum absolute atomic E-state index is 12.0. The molecule has 25 heavy (non-hydrogen) atoms. The zero-order valence-corrected chi connectivity index (χ0v) is 15.5. The van der Waals surface area contributed by atoms with Crippen LogP contribution in [0.4, 0.5) is 0 Å². The first kappa shape index (κ1) is 19.1. The Hall–Kier alpha value is -2.26. The molecule has 0 radical (unpaired) electrons. The third kappa shape index (κ3) is 5.36. The molecule has 2 aromatic rings. The highest BCUT2D eigenvalue weighted by Gasteiger charge is 2.13. The molecule has 0 aliphatic rings. The average molecular weight is 357 g/mol. The van der Waals surface area contributed by atoms with Gasteiger partial charge in [0.25, 0.3) is 5.56 Å². The van der Waals surface area contributed by atoms with Crippen molar-refractivity contribution in [3.05, 3.63) is 40.2 Å². The quantitative estimate of drug-likeness (QED) is 0.409. The lowest BCUT2D eigenvalue weighted by Gasteiger charge is -2.08. The van der Waals surface area contributed by atoms with Crippen molar-refractivity contribution in [1.82, 2.24) is 9.97 Å². The number of nitriles is 1. The normalized spacial score (nSPS) is 10.4. The molecule has 0 saturated carbocycles. The van der Waals surface area contributed by atoms with Crippen LogP contribution < -0.4 is 10.3 Å². The second-order valence-corrected chi connectivity index (χ2v) is 6.49. The lowest BCUT2D eigenvalue weighted by molar-refractivity contribution is 0.304. The molecule has 0 aliphatic heterocycles. The van der Waals surface area contributed by atoms with Crippen molar-refractivity contribution in [3.63, 3.8) is 0 Å². The monoisotopic (exact) mass is 357 g/mol. The van der Waals surface area contributed by atoms with Crippen molar-refractivity contribution in [3.8, 4) is 23.1 Å². The largest absolute Gasteiger partial charge is 0.494 e. The van der Waals surface area contributed by atoms with Crippen molar-refractivity contribution in [2.45, 2.75) is 44.2 Å². The van der Waals surface area contributed by atoms with Gasteiger partial charge in [-0.25, -0.2) is 4.98 Å². The molecule has 0 saturated heterocycles. The molecule has 6 heteroatoms. The van der Waals surface area contributed by atoms with Crippen LogP contribution in [-0.4, -0.2) is 22.8 Å². The fraction of sp³-hybridized carbons (Fsp3) is 0.421. The second kappa shape index (κ2) is 9.90. The van der Waals surface area contributed by atoms with E-state index in [0.717, 1.165) is 17.7 Å². The third-order valence-corrected chi connectivity index (χ3v) is 4.43. The van der Waals surface area contributed by atoms with Crippen LogP contribution in [0.25, 0.3) is 11.3 Å². The fourth-order valence-corrected chi connectivity index (χ4v) is 2.84. The van der Waals surface area contributed by atoms with Gasteiger partial charge in [0, 0.05) is 5.56 Å². The van der Waals surface area contributed by atoms with Gasteiger partial charge in [0.05, 0.1) is 12.3 Å². The molecule has 1 heterocycles. The highest BCUT2D eigenvalue weighted by Crippen LogP contribution is 2.24. The standard InChI is InChI=1S/C19H23N3O2S/c1-3-4-5-6-7-12-24-15-10-8-14(9-11-15)17-16(13-20)18(23)22-19(21-17)25-2/h8-11H,3-7,12H2,1-2H3,(H,21,22,23). The molecule has 0 fully saturated rings. The molecular weight excluding hydrogens is 334 g/mol.